The molecule has 0 saturated carbocycles. The van der Waals surface area contributed by atoms with Gasteiger partial charge in [-0.3, -0.25) is 10.1 Å². The lowest BCUT2D eigenvalue weighted by molar-refractivity contribution is -0.117. The number of benzene rings is 1. The molecule has 0 spiro atoms. The van der Waals surface area contributed by atoms with E-state index in [2.05, 4.69) is 20.8 Å². The summed E-state index contributed by atoms with van der Waals surface area (Å²) >= 11 is 0.985. The molecule has 28 heavy (non-hydrogen) atoms. The quantitative estimate of drug-likeness (QED) is 0.611. The van der Waals surface area contributed by atoms with Crippen LogP contribution in [0.3, 0.4) is 0 Å². The zero-order valence-electron chi connectivity index (χ0n) is 15.9. The lowest BCUT2D eigenvalue weighted by Crippen LogP contribution is -2.40. The average Bonchev–Trinajstić information content (AvgIpc) is 3.11. The first-order chi connectivity index (χ1) is 13.3. The zero-order chi connectivity index (χ0) is 20.5. The van der Waals surface area contributed by atoms with Crippen LogP contribution in [0.25, 0.3) is 0 Å². The number of nitrogens with zero attached hydrogens (tertiary/aromatic N) is 2. The van der Waals surface area contributed by atoms with Crippen molar-refractivity contribution in [1.29, 1.82) is 0 Å². The van der Waals surface area contributed by atoms with E-state index >= 15 is 0 Å². The number of rotatable bonds is 9. The number of nitrogens with one attached hydrogen (secondary N) is 2. The Morgan fingerprint density at radius 1 is 1.25 bits per heavy atom. The van der Waals surface area contributed by atoms with Gasteiger partial charge < -0.3 is 14.5 Å². The lowest BCUT2D eigenvalue weighted by atomic mass is 10.1. The van der Waals surface area contributed by atoms with Crippen LogP contribution in [-0.4, -0.2) is 34.4 Å². The smallest absolute Gasteiger partial charge is 0.321 e. The predicted molar refractivity (Wildman–Crippen MR) is 101 cm³/mol. The van der Waals surface area contributed by atoms with Crippen LogP contribution in [0.2, 0.25) is 0 Å². The predicted octanol–water partition coefficient (Wildman–Crippen LogP) is 3.31. The highest BCUT2D eigenvalue weighted by atomic mass is 32.2. The van der Waals surface area contributed by atoms with E-state index in [1.165, 1.54) is 12.1 Å². The molecule has 8 nitrogen and oxygen atoms in total. The number of urea groups is 1. The summed E-state index contributed by atoms with van der Waals surface area (Å²) in [5, 5.41) is 12.6. The molecule has 1 heterocycles. The van der Waals surface area contributed by atoms with Gasteiger partial charge in [-0.25, -0.2) is 9.18 Å². The molecular weight excluding hydrogens is 387 g/mol. The second kappa shape index (κ2) is 10.6. The molecule has 2 rings (SSSR count). The van der Waals surface area contributed by atoms with Gasteiger partial charge in [-0.2, -0.15) is 0 Å². The van der Waals surface area contributed by atoms with Crippen LogP contribution in [0.5, 0.6) is 5.75 Å². The second-order valence-corrected chi connectivity index (χ2v) is 7.30. The summed E-state index contributed by atoms with van der Waals surface area (Å²) in [7, 11) is 0. The number of halogens is 1. The van der Waals surface area contributed by atoms with Gasteiger partial charge in [0.25, 0.3) is 11.1 Å². The van der Waals surface area contributed by atoms with Crippen molar-refractivity contribution in [2.45, 2.75) is 38.5 Å². The van der Waals surface area contributed by atoms with Crippen LogP contribution in [0.15, 0.2) is 33.9 Å². The van der Waals surface area contributed by atoms with Crippen LogP contribution >= 0.6 is 11.8 Å². The fourth-order valence-corrected chi connectivity index (χ4v) is 2.60. The molecule has 0 aliphatic carbocycles. The van der Waals surface area contributed by atoms with Gasteiger partial charge in [0.05, 0.1) is 5.75 Å². The van der Waals surface area contributed by atoms with E-state index in [1.807, 2.05) is 13.8 Å². The van der Waals surface area contributed by atoms with E-state index in [0.29, 0.717) is 12.5 Å². The molecule has 0 radical (unpaired) electrons. The van der Waals surface area contributed by atoms with Crippen LogP contribution in [0, 0.1) is 11.7 Å². The zero-order valence-corrected chi connectivity index (χ0v) is 16.7. The normalized spacial score (nSPS) is 11.9. The summed E-state index contributed by atoms with van der Waals surface area (Å²) in [5.41, 5.74) is 0. The van der Waals surface area contributed by atoms with E-state index in [-0.39, 0.29) is 22.6 Å². The third-order valence-electron chi connectivity index (χ3n) is 3.50. The maximum atomic E-state index is 13.6. The molecule has 2 N–H and O–H groups in total. The number of amides is 3. The number of carbonyl (C=O) groups is 2. The van der Waals surface area contributed by atoms with Crippen molar-refractivity contribution in [3.05, 3.63) is 36.0 Å². The fourth-order valence-electron chi connectivity index (χ4n) is 2.03. The Kier molecular flexibility index (Phi) is 8.24. The first-order valence-corrected chi connectivity index (χ1v) is 9.78. The number of hydrogen-bond donors (Lipinski definition) is 2. The van der Waals surface area contributed by atoms with Crippen molar-refractivity contribution >= 4 is 23.7 Å². The van der Waals surface area contributed by atoms with Crippen molar-refractivity contribution < 1.29 is 23.1 Å². The van der Waals surface area contributed by atoms with Crippen molar-refractivity contribution in [2.75, 3.05) is 12.3 Å². The number of hydrogen-bond acceptors (Lipinski definition) is 7. The minimum absolute atomic E-state index is 0.0677. The van der Waals surface area contributed by atoms with E-state index in [1.54, 1.807) is 19.1 Å². The summed E-state index contributed by atoms with van der Waals surface area (Å²) in [5.74, 6) is -0.359. The van der Waals surface area contributed by atoms with Gasteiger partial charge in [0.1, 0.15) is 0 Å². The molecule has 3 amide bonds. The average molecular weight is 410 g/mol. The van der Waals surface area contributed by atoms with Gasteiger partial charge in [-0.05, 0) is 31.4 Å². The minimum atomic E-state index is -0.667. The van der Waals surface area contributed by atoms with E-state index < -0.39 is 23.9 Å². The molecule has 1 atom stereocenters. The van der Waals surface area contributed by atoms with Gasteiger partial charge in [-0.15, -0.1) is 10.2 Å². The first kappa shape index (κ1) is 21.7. The van der Waals surface area contributed by atoms with Crippen molar-refractivity contribution in [2.24, 2.45) is 5.92 Å². The summed E-state index contributed by atoms with van der Waals surface area (Å²) < 4.78 is 24.5. The Labute approximate surface area is 166 Å². The number of carbonyl (C=O) groups excluding carboxylic acids is 2. The molecule has 1 aromatic carbocycles. The monoisotopic (exact) mass is 410 g/mol. The maximum Gasteiger partial charge on any atom is 0.321 e. The second-order valence-electron chi connectivity index (χ2n) is 6.37. The van der Waals surface area contributed by atoms with Gasteiger partial charge in [0.2, 0.25) is 5.91 Å². The Balaban J connectivity index is 1.77. The summed E-state index contributed by atoms with van der Waals surface area (Å²) in [6.45, 7) is 6.23. The molecular formula is C18H23FN4O4S. The SMILES string of the molecule is CC(C)CCNC(=O)NC(=O)CSc1nnc([C@H](C)Oc2ccccc2F)o1. The topological polar surface area (TPSA) is 106 Å². The van der Waals surface area contributed by atoms with Crippen molar-refractivity contribution in [3.8, 4) is 5.75 Å². The third-order valence-corrected chi connectivity index (χ3v) is 4.32. The molecule has 10 heteroatoms. The highest BCUT2D eigenvalue weighted by Gasteiger charge is 2.18. The number of thioether (sulfide) groups is 1. The standard InChI is InChI=1S/C18H23FN4O4S/c1-11(2)8-9-20-17(25)21-15(24)10-28-18-23-22-16(27-18)12(3)26-14-7-5-4-6-13(14)19/h4-7,11-12H,8-10H2,1-3H3,(H2,20,21,24,25)/t12-/m0/s1. The number of ether oxygens (including phenoxy) is 1. The third kappa shape index (κ3) is 7.18. The molecule has 0 aliphatic rings. The largest absolute Gasteiger partial charge is 0.478 e. The summed E-state index contributed by atoms with van der Waals surface area (Å²) in [6, 6.07) is 5.45. The van der Waals surface area contributed by atoms with Crippen LogP contribution in [0.4, 0.5) is 9.18 Å². The maximum absolute atomic E-state index is 13.6. The minimum Gasteiger partial charge on any atom is -0.478 e. The molecule has 0 aliphatic heterocycles. The number of imide groups is 1. The first-order valence-electron chi connectivity index (χ1n) is 8.80. The summed E-state index contributed by atoms with van der Waals surface area (Å²) in [4.78, 5) is 23.4. The van der Waals surface area contributed by atoms with Gasteiger partial charge in [-0.1, -0.05) is 37.7 Å². The number of para-hydroxylation sites is 1. The van der Waals surface area contributed by atoms with Gasteiger partial charge in [0, 0.05) is 6.54 Å². The van der Waals surface area contributed by atoms with E-state index in [4.69, 9.17) is 9.15 Å². The van der Waals surface area contributed by atoms with E-state index in [0.717, 1.165) is 18.2 Å². The summed E-state index contributed by atoms with van der Waals surface area (Å²) in [6.07, 6.45) is 0.160. The molecule has 0 unspecified atom stereocenters. The molecule has 1 aromatic heterocycles. The van der Waals surface area contributed by atoms with Gasteiger partial charge in [0.15, 0.2) is 17.7 Å². The van der Waals surface area contributed by atoms with Crippen molar-refractivity contribution in [1.82, 2.24) is 20.8 Å². The van der Waals surface area contributed by atoms with Crippen LogP contribution in [0.1, 0.15) is 39.2 Å². The van der Waals surface area contributed by atoms with Crippen LogP contribution in [-0.2, 0) is 4.79 Å². The van der Waals surface area contributed by atoms with Gasteiger partial charge >= 0.3 is 6.03 Å². The molecule has 0 saturated heterocycles. The number of aromatic nitrogens is 2. The molecule has 0 bridgehead atoms. The highest BCUT2D eigenvalue weighted by molar-refractivity contribution is 7.99. The molecule has 152 valence electrons. The van der Waals surface area contributed by atoms with Crippen molar-refractivity contribution in [3.63, 3.8) is 0 Å². The highest BCUT2D eigenvalue weighted by Crippen LogP contribution is 2.25. The fraction of sp³-hybridized carbons (Fsp3) is 0.444. The molecule has 0 fully saturated rings. The Morgan fingerprint density at radius 2 is 2.00 bits per heavy atom. The van der Waals surface area contributed by atoms with Crippen LogP contribution < -0.4 is 15.4 Å². The Morgan fingerprint density at radius 3 is 2.71 bits per heavy atom. The Hall–Kier alpha value is -2.62. The Bertz CT molecular complexity index is 799. The van der Waals surface area contributed by atoms with E-state index in [9.17, 15) is 14.0 Å². The molecule has 2 aromatic rings. The lowest BCUT2D eigenvalue weighted by Gasteiger charge is -2.11.